The summed E-state index contributed by atoms with van der Waals surface area (Å²) < 4.78 is 5.66. The van der Waals surface area contributed by atoms with Crippen LogP contribution in [0.1, 0.15) is 187 Å². The number of unbranched alkanes of at least 4 members (excludes halogenated alkanes) is 21. The molecule has 1 amide bonds. The number of rotatable bonds is 38. The van der Waals surface area contributed by atoms with Gasteiger partial charge in [0.25, 0.3) is 0 Å². The molecule has 49 heavy (non-hydrogen) atoms. The Hall–Kier alpha value is -1.20. The molecular formula is C44H84N2O2S. The van der Waals surface area contributed by atoms with E-state index < -0.39 is 0 Å². The number of nitrogens with zero attached hydrogens (tertiary/aromatic N) is 2. The van der Waals surface area contributed by atoms with Crippen LogP contribution in [0.2, 0.25) is 0 Å². The van der Waals surface area contributed by atoms with Crippen LogP contribution in [0.15, 0.2) is 36.5 Å². The van der Waals surface area contributed by atoms with E-state index in [1.54, 1.807) is 0 Å². The molecule has 0 aromatic heterocycles. The van der Waals surface area contributed by atoms with Crippen LogP contribution in [0.4, 0.5) is 4.79 Å². The van der Waals surface area contributed by atoms with Crippen molar-refractivity contribution in [2.75, 3.05) is 51.8 Å². The van der Waals surface area contributed by atoms with Crippen LogP contribution in [0.3, 0.4) is 0 Å². The monoisotopic (exact) mass is 705 g/mol. The lowest BCUT2D eigenvalue weighted by molar-refractivity contribution is 0.101. The van der Waals surface area contributed by atoms with E-state index in [0.717, 1.165) is 44.6 Å². The Labute approximate surface area is 311 Å². The molecule has 0 aromatic rings. The molecule has 0 aromatic carbocycles. The summed E-state index contributed by atoms with van der Waals surface area (Å²) in [6.07, 6.45) is 48.8. The Kier molecular flexibility index (Phi) is 40.2. The second-order valence-corrected chi connectivity index (χ2v) is 15.6. The molecule has 0 unspecified atom stereocenters. The first-order valence-electron chi connectivity index (χ1n) is 21.2. The fraction of sp³-hybridized carbons (Fsp3) is 0.841. The molecule has 0 radical (unpaired) electrons. The molecule has 0 spiro atoms. The molecule has 0 saturated carbocycles. The number of carbonyl (C=O) groups excluding carboxylic acids is 1. The number of allylic oxidation sites excluding steroid dienone is 6. The summed E-state index contributed by atoms with van der Waals surface area (Å²) in [5.41, 5.74) is 0. The number of ether oxygens (including phenoxy) is 1. The first-order chi connectivity index (χ1) is 24.1. The van der Waals surface area contributed by atoms with Crippen molar-refractivity contribution in [2.24, 2.45) is 0 Å². The van der Waals surface area contributed by atoms with Gasteiger partial charge in [0.05, 0.1) is 6.61 Å². The van der Waals surface area contributed by atoms with Crippen molar-refractivity contribution in [3.8, 4) is 0 Å². The van der Waals surface area contributed by atoms with Crippen molar-refractivity contribution in [3.63, 3.8) is 0 Å². The number of amides is 1. The summed E-state index contributed by atoms with van der Waals surface area (Å²) in [6.45, 7) is 7.65. The predicted molar refractivity (Wildman–Crippen MR) is 222 cm³/mol. The second kappa shape index (κ2) is 41.2. The fourth-order valence-corrected chi connectivity index (χ4v) is 6.91. The summed E-state index contributed by atoms with van der Waals surface area (Å²) in [5, 5.41) is 0. The first-order valence-corrected chi connectivity index (χ1v) is 22.4. The van der Waals surface area contributed by atoms with Crippen molar-refractivity contribution in [1.82, 2.24) is 9.80 Å². The van der Waals surface area contributed by atoms with E-state index in [-0.39, 0.29) is 6.09 Å². The minimum absolute atomic E-state index is 0.112. The van der Waals surface area contributed by atoms with Crippen LogP contribution in [0.5, 0.6) is 0 Å². The Morgan fingerprint density at radius 2 is 0.939 bits per heavy atom. The van der Waals surface area contributed by atoms with Gasteiger partial charge in [0.2, 0.25) is 0 Å². The zero-order chi connectivity index (χ0) is 35.7. The summed E-state index contributed by atoms with van der Waals surface area (Å²) in [5.74, 6) is 2.22. The highest BCUT2D eigenvalue weighted by molar-refractivity contribution is 7.99. The highest BCUT2D eigenvalue weighted by atomic mass is 32.2. The molecule has 0 aliphatic carbocycles. The average Bonchev–Trinajstić information content (AvgIpc) is 3.09. The second-order valence-electron chi connectivity index (χ2n) is 14.4. The minimum atomic E-state index is -0.112. The number of thioether (sulfide) groups is 1. The standard InChI is InChI=1S/C44H84N2O2S/c1-5-7-9-11-13-15-17-19-21-23-25-27-29-31-33-35-39-46(44(47)48-41-37-38-45(3)4)40-43-49-42-36-34-32-30-28-26-24-22-20-18-16-14-12-10-8-6-2/h13,15,19-22H,5-12,14,16-18,23-43H2,1-4H3/b15-13-,21-19-,22-20-. The van der Waals surface area contributed by atoms with Crippen LogP contribution in [-0.2, 0) is 4.74 Å². The Bertz CT molecular complexity index is 751. The van der Waals surface area contributed by atoms with E-state index in [0.29, 0.717) is 6.61 Å². The van der Waals surface area contributed by atoms with E-state index >= 15 is 0 Å². The fourth-order valence-electron chi connectivity index (χ4n) is 5.95. The first kappa shape index (κ1) is 47.8. The largest absolute Gasteiger partial charge is 0.449 e. The van der Waals surface area contributed by atoms with E-state index in [1.165, 1.54) is 160 Å². The van der Waals surface area contributed by atoms with E-state index in [9.17, 15) is 4.79 Å². The molecule has 0 atom stereocenters. The molecule has 0 N–H and O–H groups in total. The smallest absolute Gasteiger partial charge is 0.409 e. The maximum atomic E-state index is 12.9. The molecule has 0 saturated heterocycles. The Morgan fingerprint density at radius 3 is 1.49 bits per heavy atom. The lowest BCUT2D eigenvalue weighted by Crippen LogP contribution is -2.35. The van der Waals surface area contributed by atoms with Gasteiger partial charge in [0.15, 0.2) is 0 Å². The minimum Gasteiger partial charge on any atom is -0.449 e. The predicted octanol–water partition coefficient (Wildman–Crippen LogP) is 14.0. The maximum Gasteiger partial charge on any atom is 0.409 e. The lowest BCUT2D eigenvalue weighted by Gasteiger charge is -2.22. The highest BCUT2D eigenvalue weighted by Crippen LogP contribution is 2.14. The van der Waals surface area contributed by atoms with Crippen molar-refractivity contribution in [1.29, 1.82) is 0 Å². The molecular weight excluding hydrogens is 621 g/mol. The summed E-state index contributed by atoms with van der Waals surface area (Å²) in [6, 6.07) is 0. The van der Waals surface area contributed by atoms with Crippen molar-refractivity contribution in [3.05, 3.63) is 36.5 Å². The van der Waals surface area contributed by atoms with Crippen molar-refractivity contribution < 1.29 is 9.53 Å². The van der Waals surface area contributed by atoms with Gasteiger partial charge in [0, 0.05) is 25.4 Å². The van der Waals surface area contributed by atoms with Crippen LogP contribution >= 0.6 is 11.8 Å². The van der Waals surface area contributed by atoms with E-state index in [2.05, 4.69) is 69.3 Å². The van der Waals surface area contributed by atoms with Gasteiger partial charge < -0.3 is 14.5 Å². The van der Waals surface area contributed by atoms with Crippen LogP contribution in [0, 0.1) is 0 Å². The third kappa shape index (κ3) is 39.4. The van der Waals surface area contributed by atoms with Crippen LogP contribution < -0.4 is 0 Å². The van der Waals surface area contributed by atoms with E-state index in [4.69, 9.17) is 4.74 Å². The summed E-state index contributed by atoms with van der Waals surface area (Å²) in [4.78, 5) is 17.0. The van der Waals surface area contributed by atoms with Gasteiger partial charge in [0.1, 0.15) is 0 Å². The molecule has 288 valence electrons. The quantitative estimate of drug-likeness (QED) is 0.0473. The normalized spacial score (nSPS) is 12.0. The summed E-state index contributed by atoms with van der Waals surface area (Å²) in [7, 11) is 4.13. The molecule has 4 nitrogen and oxygen atoms in total. The van der Waals surface area contributed by atoms with Gasteiger partial charge in [-0.2, -0.15) is 11.8 Å². The number of hydrogen-bond acceptors (Lipinski definition) is 4. The topological polar surface area (TPSA) is 32.8 Å². The Morgan fingerprint density at radius 1 is 0.490 bits per heavy atom. The molecule has 0 bridgehead atoms. The average molecular weight is 705 g/mol. The van der Waals surface area contributed by atoms with Crippen LogP contribution in [0.25, 0.3) is 0 Å². The van der Waals surface area contributed by atoms with Gasteiger partial charge in [-0.3, -0.25) is 0 Å². The summed E-state index contributed by atoms with van der Waals surface area (Å²) >= 11 is 2.01. The van der Waals surface area contributed by atoms with Gasteiger partial charge >= 0.3 is 6.09 Å². The lowest BCUT2D eigenvalue weighted by atomic mass is 10.1. The molecule has 0 rings (SSSR count). The van der Waals surface area contributed by atoms with Gasteiger partial charge in [-0.1, -0.05) is 147 Å². The third-order valence-electron chi connectivity index (χ3n) is 9.17. The van der Waals surface area contributed by atoms with Gasteiger partial charge in [-0.05, 0) is 96.9 Å². The zero-order valence-corrected chi connectivity index (χ0v) is 34.2. The van der Waals surface area contributed by atoms with Crippen molar-refractivity contribution >= 4 is 17.9 Å². The van der Waals surface area contributed by atoms with Gasteiger partial charge in [-0.25, -0.2) is 4.79 Å². The molecule has 0 aliphatic rings. The number of hydrogen-bond donors (Lipinski definition) is 0. The van der Waals surface area contributed by atoms with Crippen molar-refractivity contribution in [2.45, 2.75) is 187 Å². The maximum absolute atomic E-state index is 12.9. The molecule has 5 heteroatoms. The highest BCUT2D eigenvalue weighted by Gasteiger charge is 2.14. The van der Waals surface area contributed by atoms with Gasteiger partial charge in [-0.15, -0.1) is 0 Å². The molecule has 0 heterocycles. The molecule has 0 fully saturated rings. The number of carbonyl (C=O) groups is 1. The Balaban J connectivity index is 3.94. The van der Waals surface area contributed by atoms with E-state index in [1.807, 2.05) is 16.7 Å². The van der Waals surface area contributed by atoms with Crippen LogP contribution in [-0.4, -0.2) is 67.7 Å². The SMILES string of the molecule is CCCCC/C=C\C/C=C\CCCCCCCCN(CCSCCCCCCCC/C=C\CCCCCCCC)C(=O)OCCCN(C)C. The molecule has 0 aliphatic heterocycles. The zero-order valence-electron chi connectivity index (χ0n) is 33.4. The third-order valence-corrected chi connectivity index (χ3v) is 10.2.